The summed E-state index contributed by atoms with van der Waals surface area (Å²) in [4.78, 5) is 5.75. The summed E-state index contributed by atoms with van der Waals surface area (Å²) in [6.45, 7) is 12.3. The lowest BCUT2D eigenvalue weighted by atomic mass is 9.62. The number of nitrogens with one attached hydrogen (secondary N) is 1. The van der Waals surface area contributed by atoms with Gasteiger partial charge in [0.1, 0.15) is 0 Å². The van der Waals surface area contributed by atoms with Crippen LogP contribution in [-0.2, 0) is 5.41 Å². The van der Waals surface area contributed by atoms with Crippen LogP contribution in [0.5, 0.6) is 0 Å². The van der Waals surface area contributed by atoms with Gasteiger partial charge in [0.25, 0.3) is 0 Å². The number of nitrogens with zero attached hydrogens (tertiary/aromatic N) is 1. The molecule has 2 nitrogen and oxygen atoms in total. The van der Waals surface area contributed by atoms with E-state index in [2.05, 4.69) is 163 Å². The van der Waals surface area contributed by atoms with Crippen LogP contribution >= 0.6 is 24.4 Å². The number of benzene rings is 4. The van der Waals surface area contributed by atoms with Crippen molar-refractivity contribution in [2.45, 2.75) is 40.4 Å². The van der Waals surface area contributed by atoms with Crippen molar-refractivity contribution in [1.82, 2.24) is 0 Å². The highest BCUT2D eigenvalue weighted by molar-refractivity contribution is 7.99. The maximum atomic E-state index is 5.35. The summed E-state index contributed by atoms with van der Waals surface area (Å²) >= 11 is 7.16. The molecule has 3 aliphatic rings. The molecule has 2 atom stereocenters. The minimum atomic E-state index is -0.638. The fraction of sp³-hybridized carbons (Fsp3) is 0.109. The van der Waals surface area contributed by atoms with Crippen LogP contribution in [-0.4, -0.2) is 0 Å². The predicted octanol–water partition coefficient (Wildman–Crippen LogP) is 12.8. The van der Waals surface area contributed by atoms with Crippen molar-refractivity contribution in [1.29, 1.82) is 0 Å². The lowest BCUT2D eigenvalue weighted by Crippen LogP contribution is -2.35. The van der Waals surface area contributed by atoms with E-state index in [9.17, 15) is 0 Å². The van der Waals surface area contributed by atoms with E-state index in [1.165, 1.54) is 43.3 Å². The number of para-hydroxylation sites is 2. The second-order valence-electron chi connectivity index (χ2n) is 12.6. The zero-order chi connectivity index (χ0) is 34.5. The zero-order valence-electron chi connectivity index (χ0n) is 28.1. The zero-order valence-corrected chi connectivity index (χ0v) is 29.8. The van der Waals surface area contributed by atoms with Gasteiger partial charge in [-0.2, -0.15) is 0 Å². The number of allylic oxidation sites excluding steroid dienone is 10. The lowest BCUT2D eigenvalue weighted by molar-refractivity contribution is 0.619. The quantitative estimate of drug-likeness (QED) is 0.109. The highest BCUT2D eigenvalue weighted by Gasteiger charge is 2.47. The first-order valence-electron chi connectivity index (χ1n) is 17.0. The molecule has 246 valence electrons. The van der Waals surface area contributed by atoms with E-state index < -0.39 is 5.41 Å². The fourth-order valence-electron chi connectivity index (χ4n) is 7.51. The normalized spacial score (nSPS) is 20.4. The van der Waals surface area contributed by atoms with Gasteiger partial charge in [0.2, 0.25) is 0 Å². The van der Waals surface area contributed by atoms with Crippen molar-refractivity contribution in [2.24, 2.45) is 0 Å². The molecular weight excluding hydrogens is 645 g/mol. The van der Waals surface area contributed by atoms with Crippen molar-refractivity contribution in [3.63, 3.8) is 0 Å². The molecule has 0 saturated heterocycles. The van der Waals surface area contributed by atoms with Gasteiger partial charge in [0.05, 0.1) is 11.1 Å². The maximum absolute atomic E-state index is 5.35. The Morgan fingerprint density at radius 1 is 0.920 bits per heavy atom. The Morgan fingerprint density at radius 2 is 1.74 bits per heavy atom. The van der Waals surface area contributed by atoms with Gasteiger partial charge in [-0.05, 0) is 89.6 Å². The number of thiol groups is 1. The first-order valence-corrected chi connectivity index (χ1v) is 18.2. The molecule has 4 heteroatoms. The summed E-state index contributed by atoms with van der Waals surface area (Å²) in [5, 5.41) is 3.43. The maximum Gasteiger partial charge on any atom is 0.0637 e. The van der Waals surface area contributed by atoms with Crippen molar-refractivity contribution in [3.8, 4) is 0 Å². The largest absolute Gasteiger partial charge is 0.362 e. The van der Waals surface area contributed by atoms with Gasteiger partial charge < -0.3 is 10.2 Å². The number of anilines is 3. The average Bonchev–Trinajstić information content (AvgIpc) is 3.14. The molecule has 2 unspecified atom stereocenters. The molecule has 4 aromatic carbocycles. The summed E-state index contributed by atoms with van der Waals surface area (Å²) in [6.07, 6.45) is 23.6. The van der Waals surface area contributed by atoms with Gasteiger partial charge >= 0.3 is 0 Å². The third-order valence-electron chi connectivity index (χ3n) is 9.64. The highest BCUT2D eigenvalue weighted by atomic mass is 32.2. The molecule has 2 heterocycles. The van der Waals surface area contributed by atoms with Crippen LogP contribution in [0.1, 0.15) is 47.4 Å². The molecule has 0 amide bonds. The molecule has 0 radical (unpaired) electrons. The van der Waals surface area contributed by atoms with Gasteiger partial charge in [0.15, 0.2) is 0 Å². The summed E-state index contributed by atoms with van der Waals surface area (Å²) in [5.74, 6) is 0.00369. The summed E-state index contributed by atoms with van der Waals surface area (Å²) in [5.41, 5.74) is 13.0. The van der Waals surface area contributed by atoms with E-state index in [1.807, 2.05) is 30.1 Å². The van der Waals surface area contributed by atoms with Crippen LogP contribution < -0.4 is 10.2 Å². The minimum absolute atomic E-state index is 0.00369. The van der Waals surface area contributed by atoms with Crippen molar-refractivity contribution in [3.05, 3.63) is 210 Å². The van der Waals surface area contributed by atoms with Crippen molar-refractivity contribution < 1.29 is 0 Å². The Labute approximate surface area is 306 Å². The van der Waals surface area contributed by atoms with Crippen LogP contribution in [0, 0.1) is 0 Å². The van der Waals surface area contributed by atoms with E-state index in [0.717, 1.165) is 41.1 Å². The average molecular weight is 685 g/mol. The number of hydrogen-bond donors (Lipinski definition) is 2. The van der Waals surface area contributed by atoms with Crippen molar-refractivity contribution >= 4 is 47.0 Å². The molecule has 50 heavy (non-hydrogen) atoms. The highest BCUT2D eigenvalue weighted by Crippen LogP contribution is 2.60. The van der Waals surface area contributed by atoms with Crippen LogP contribution in [0.15, 0.2) is 198 Å². The van der Waals surface area contributed by atoms with Crippen LogP contribution in [0.4, 0.5) is 17.1 Å². The standard InChI is InChI=1S/C46H40N2S2/c1-4-6-14-29-46(39-24-11-12-26-42(39)50-43-32-34(27-28-40(43)46)47-30-7-5-2)44-37(22-17-25-41(44)49)38-23-16-21-36-33(3)18-13-15-31-48(45(36)38)35-19-9-8-10-20-35/h5-12,14-17,19-21,23-32,37,47,49H,1-3,13,18,22H2/b29-14-,30-7-,31-15-. The molecule has 0 fully saturated rings. The Kier molecular flexibility index (Phi) is 9.87. The van der Waals surface area contributed by atoms with Crippen molar-refractivity contribution in [2.75, 3.05) is 10.2 Å². The Hall–Kier alpha value is -5.12. The van der Waals surface area contributed by atoms with Crippen LogP contribution in [0.3, 0.4) is 0 Å². The molecule has 1 N–H and O–H groups in total. The third-order valence-corrected chi connectivity index (χ3v) is 11.2. The molecule has 7 rings (SSSR count). The second-order valence-corrected chi connectivity index (χ2v) is 14.1. The SMILES string of the molecule is C=C=C/C=C\C1(C2=C(S)C=CCC2c2cccc3c2N(c2ccccc2)/C=C\CCC3=C)c2ccccc2Sc2cc(N/C=C\C=C)ccc21. The topological polar surface area (TPSA) is 15.3 Å². The van der Waals surface area contributed by atoms with E-state index in [1.54, 1.807) is 6.08 Å². The second kappa shape index (κ2) is 14.8. The molecule has 0 bridgehead atoms. The Bertz CT molecular complexity index is 2160. The summed E-state index contributed by atoms with van der Waals surface area (Å²) < 4.78 is 0. The summed E-state index contributed by atoms with van der Waals surface area (Å²) in [7, 11) is 0. The van der Waals surface area contributed by atoms with Gasteiger partial charge in [-0.15, -0.1) is 18.4 Å². The van der Waals surface area contributed by atoms with Gasteiger partial charge in [-0.3, -0.25) is 0 Å². The Morgan fingerprint density at radius 3 is 2.58 bits per heavy atom. The number of hydrogen-bond acceptors (Lipinski definition) is 4. The predicted molar refractivity (Wildman–Crippen MR) is 219 cm³/mol. The molecule has 4 aromatic rings. The minimum Gasteiger partial charge on any atom is -0.362 e. The van der Waals surface area contributed by atoms with Crippen LogP contribution in [0.2, 0.25) is 0 Å². The lowest BCUT2D eigenvalue weighted by Gasteiger charge is -2.45. The van der Waals surface area contributed by atoms with Gasteiger partial charge in [-0.1, -0.05) is 129 Å². The summed E-state index contributed by atoms with van der Waals surface area (Å²) in [6, 6.07) is 32.9. The van der Waals surface area contributed by atoms with Gasteiger partial charge in [-0.25, -0.2) is 0 Å². The number of rotatable bonds is 8. The molecule has 2 aliphatic heterocycles. The fourth-order valence-corrected chi connectivity index (χ4v) is 9.19. The van der Waals surface area contributed by atoms with E-state index in [0.29, 0.717) is 0 Å². The first kappa shape index (κ1) is 33.4. The molecule has 0 spiro atoms. The number of fused-ring (bicyclic) bond motifs is 3. The first-order chi connectivity index (χ1) is 24.6. The molecule has 0 saturated carbocycles. The molecular formula is C46H40N2S2. The molecule has 1 aliphatic carbocycles. The van der Waals surface area contributed by atoms with E-state index in [-0.39, 0.29) is 5.92 Å². The van der Waals surface area contributed by atoms with Gasteiger partial charge in [0, 0.05) is 50.0 Å². The smallest absolute Gasteiger partial charge is 0.0637 e. The van der Waals surface area contributed by atoms with Crippen LogP contribution in [0.25, 0.3) is 5.57 Å². The Balaban J connectivity index is 1.52. The molecule has 0 aromatic heterocycles. The van der Waals surface area contributed by atoms with E-state index in [4.69, 9.17) is 12.6 Å². The third kappa shape index (κ3) is 6.12. The monoisotopic (exact) mass is 684 g/mol. The van der Waals surface area contributed by atoms with E-state index >= 15 is 0 Å².